The lowest BCUT2D eigenvalue weighted by molar-refractivity contribution is -0.155. The van der Waals surface area contributed by atoms with Gasteiger partial charge in [0.1, 0.15) is 23.0 Å². The van der Waals surface area contributed by atoms with Gasteiger partial charge in [0.05, 0.1) is 14.2 Å². The van der Waals surface area contributed by atoms with E-state index >= 15 is 0 Å². The van der Waals surface area contributed by atoms with E-state index in [4.69, 9.17) is 23.4 Å². The van der Waals surface area contributed by atoms with E-state index in [0.717, 1.165) is 16.5 Å². The lowest BCUT2D eigenvalue weighted by Crippen LogP contribution is -2.48. The lowest BCUT2D eigenvalue weighted by Gasteiger charge is -2.39. The Morgan fingerprint density at radius 2 is 1.84 bits per heavy atom. The van der Waals surface area contributed by atoms with Crippen LogP contribution in [0.1, 0.15) is 25.0 Å². The molecule has 0 N–H and O–H groups in total. The third kappa shape index (κ3) is 4.32. The maximum atomic E-state index is 12.5. The first kappa shape index (κ1) is 21.5. The number of methoxy groups -OCH3 is 2. The van der Waals surface area contributed by atoms with Crippen LogP contribution in [0, 0.1) is 0 Å². The number of carbonyl (C=O) groups excluding carboxylic acids is 1. The Bertz CT molecular complexity index is 1250. The second-order valence-corrected chi connectivity index (χ2v) is 8.04. The van der Waals surface area contributed by atoms with Crippen molar-refractivity contribution in [3.05, 3.63) is 70.1 Å². The fraction of sp³-hybridized carbons (Fsp3) is 0.280. The van der Waals surface area contributed by atoms with Crippen LogP contribution in [0.3, 0.4) is 0 Å². The van der Waals surface area contributed by atoms with Gasteiger partial charge in [-0.2, -0.15) is 0 Å². The molecule has 2 heterocycles. The summed E-state index contributed by atoms with van der Waals surface area (Å²) in [4.78, 5) is 24.1. The maximum absolute atomic E-state index is 12.5. The SMILES string of the molecule is COc1ccc(C=CC(=O)O[C@H]2Cc3cc4oc(=O)ccc4cc3OC2(C)C)cc1OC. The molecule has 1 aliphatic rings. The highest BCUT2D eigenvalue weighted by molar-refractivity contribution is 5.87. The fourth-order valence-corrected chi connectivity index (χ4v) is 3.67. The minimum atomic E-state index is -0.733. The van der Waals surface area contributed by atoms with Crippen molar-refractivity contribution in [2.45, 2.75) is 32.0 Å². The molecule has 32 heavy (non-hydrogen) atoms. The highest BCUT2D eigenvalue weighted by Crippen LogP contribution is 2.37. The van der Waals surface area contributed by atoms with Crippen molar-refractivity contribution in [1.82, 2.24) is 0 Å². The summed E-state index contributed by atoms with van der Waals surface area (Å²) < 4.78 is 27.6. The Morgan fingerprint density at radius 3 is 2.59 bits per heavy atom. The van der Waals surface area contributed by atoms with Gasteiger partial charge in [-0.15, -0.1) is 0 Å². The zero-order valence-corrected chi connectivity index (χ0v) is 18.3. The summed E-state index contributed by atoms with van der Waals surface area (Å²) in [5.41, 5.74) is 0.901. The van der Waals surface area contributed by atoms with Crippen molar-refractivity contribution >= 4 is 23.0 Å². The molecule has 1 atom stereocenters. The Hall–Kier alpha value is -3.74. The number of rotatable bonds is 5. The standard InChI is InChI=1S/C25H24O7/c1-25(2)22(14-17-13-19-16(12-20(17)32-25)7-10-23(26)30-19)31-24(27)9-6-15-5-8-18(28-3)21(11-15)29-4/h5-13,22H,14H2,1-4H3/t22-/m0/s1. The van der Waals surface area contributed by atoms with E-state index in [-0.39, 0.29) is 0 Å². The molecule has 0 radical (unpaired) electrons. The molecule has 0 unspecified atom stereocenters. The van der Waals surface area contributed by atoms with Gasteiger partial charge >= 0.3 is 11.6 Å². The maximum Gasteiger partial charge on any atom is 0.336 e. The van der Waals surface area contributed by atoms with Gasteiger partial charge < -0.3 is 23.4 Å². The van der Waals surface area contributed by atoms with Gasteiger partial charge in [0.2, 0.25) is 0 Å². The summed E-state index contributed by atoms with van der Waals surface area (Å²) in [6.45, 7) is 3.75. The predicted octanol–water partition coefficient (Wildman–Crippen LogP) is 4.15. The molecule has 0 spiro atoms. The number of hydrogen-bond acceptors (Lipinski definition) is 7. The van der Waals surface area contributed by atoms with Crippen LogP contribution in [0.5, 0.6) is 17.2 Å². The monoisotopic (exact) mass is 436 g/mol. The van der Waals surface area contributed by atoms with Crippen molar-refractivity contribution in [3.63, 3.8) is 0 Å². The number of carbonyl (C=O) groups is 1. The first-order chi connectivity index (χ1) is 15.3. The van der Waals surface area contributed by atoms with E-state index < -0.39 is 23.3 Å². The van der Waals surface area contributed by atoms with Crippen LogP contribution >= 0.6 is 0 Å². The lowest BCUT2D eigenvalue weighted by atomic mass is 9.90. The van der Waals surface area contributed by atoms with Crippen LogP contribution in [0.15, 0.2) is 57.8 Å². The van der Waals surface area contributed by atoms with Crippen molar-refractivity contribution in [2.75, 3.05) is 14.2 Å². The van der Waals surface area contributed by atoms with Gasteiger partial charge in [-0.05, 0) is 55.8 Å². The molecule has 166 valence electrons. The van der Waals surface area contributed by atoms with Gasteiger partial charge in [0, 0.05) is 29.5 Å². The summed E-state index contributed by atoms with van der Waals surface area (Å²) >= 11 is 0. The zero-order chi connectivity index (χ0) is 22.9. The minimum Gasteiger partial charge on any atom is -0.493 e. The molecular weight excluding hydrogens is 412 g/mol. The molecule has 0 saturated carbocycles. The Labute approximate surface area is 185 Å². The Morgan fingerprint density at radius 1 is 1.06 bits per heavy atom. The average Bonchev–Trinajstić information content (AvgIpc) is 2.76. The topological polar surface area (TPSA) is 84.2 Å². The predicted molar refractivity (Wildman–Crippen MR) is 119 cm³/mol. The van der Waals surface area contributed by atoms with Crippen LogP contribution in [-0.2, 0) is 16.0 Å². The largest absolute Gasteiger partial charge is 0.493 e. The van der Waals surface area contributed by atoms with Gasteiger partial charge in [-0.1, -0.05) is 6.07 Å². The van der Waals surface area contributed by atoms with E-state index in [0.29, 0.717) is 29.3 Å². The normalized spacial score (nSPS) is 16.9. The smallest absolute Gasteiger partial charge is 0.336 e. The van der Waals surface area contributed by atoms with Gasteiger partial charge in [-0.25, -0.2) is 9.59 Å². The summed E-state index contributed by atoms with van der Waals surface area (Å²) in [5, 5.41) is 0.771. The summed E-state index contributed by atoms with van der Waals surface area (Å²) in [6.07, 6.45) is 2.93. The Balaban J connectivity index is 1.52. The van der Waals surface area contributed by atoms with Crippen molar-refractivity contribution in [1.29, 1.82) is 0 Å². The first-order valence-corrected chi connectivity index (χ1v) is 10.2. The van der Waals surface area contributed by atoms with E-state index in [2.05, 4.69) is 0 Å². The number of hydrogen-bond donors (Lipinski definition) is 0. The van der Waals surface area contributed by atoms with E-state index in [1.165, 1.54) is 12.1 Å². The highest BCUT2D eigenvalue weighted by Gasteiger charge is 2.39. The first-order valence-electron chi connectivity index (χ1n) is 10.2. The molecule has 1 aromatic heterocycles. The summed E-state index contributed by atoms with van der Waals surface area (Å²) in [7, 11) is 3.12. The molecule has 3 aromatic rings. The van der Waals surface area contributed by atoms with Gasteiger partial charge in [0.15, 0.2) is 11.5 Å². The van der Waals surface area contributed by atoms with Crippen LogP contribution in [0.4, 0.5) is 0 Å². The second-order valence-electron chi connectivity index (χ2n) is 8.04. The third-order valence-electron chi connectivity index (χ3n) is 5.43. The third-order valence-corrected chi connectivity index (χ3v) is 5.43. The van der Waals surface area contributed by atoms with Crippen LogP contribution in [0.25, 0.3) is 17.0 Å². The van der Waals surface area contributed by atoms with Gasteiger partial charge in [0.25, 0.3) is 0 Å². The molecule has 0 aliphatic carbocycles. The van der Waals surface area contributed by atoms with Crippen molar-refractivity contribution in [3.8, 4) is 17.2 Å². The molecule has 0 fully saturated rings. The quantitative estimate of drug-likeness (QED) is 0.337. The second kappa shape index (κ2) is 8.42. The van der Waals surface area contributed by atoms with Crippen LogP contribution < -0.4 is 19.8 Å². The number of fused-ring (bicyclic) bond motifs is 2. The molecule has 2 aromatic carbocycles. The van der Waals surface area contributed by atoms with E-state index in [1.54, 1.807) is 44.6 Å². The molecule has 7 nitrogen and oxygen atoms in total. The van der Waals surface area contributed by atoms with Crippen molar-refractivity contribution in [2.24, 2.45) is 0 Å². The number of esters is 1. The molecular formula is C25H24O7. The molecule has 4 rings (SSSR count). The zero-order valence-electron chi connectivity index (χ0n) is 18.3. The molecule has 0 bridgehead atoms. The molecule has 0 amide bonds. The number of benzene rings is 2. The van der Waals surface area contributed by atoms with Crippen LogP contribution in [-0.4, -0.2) is 31.9 Å². The van der Waals surface area contributed by atoms with Crippen molar-refractivity contribution < 1.29 is 28.2 Å². The molecule has 1 aliphatic heterocycles. The van der Waals surface area contributed by atoms with E-state index in [1.807, 2.05) is 26.0 Å². The van der Waals surface area contributed by atoms with Crippen LogP contribution in [0.2, 0.25) is 0 Å². The summed E-state index contributed by atoms with van der Waals surface area (Å²) in [5.74, 6) is 1.37. The number of ether oxygens (including phenoxy) is 4. The average molecular weight is 436 g/mol. The molecule has 7 heteroatoms. The summed E-state index contributed by atoms with van der Waals surface area (Å²) in [6, 6.07) is 12.0. The van der Waals surface area contributed by atoms with E-state index in [9.17, 15) is 9.59 Å². The minimum absolute atomic E-state index is 0.419. The molecule has 0 saturated heterocycles. The van der Waals surface area contributed by atoms with Gasteiger partial charge in [-0.3, -0.25) is 0 Å². The Kier molecular flexibility index (Phi) is 5.65. The highest BCUT2D eigenvalue weighted by atomic mass is 16.6. The fourth-order valence-electron chi connectivity index (χ4n) is 3.67.